The third kappa shape index (κ3) is 3.75. The maximum Gasteiger partial charge on any atom is 0.411 e. The zero-order valence-electron chi connectivity index (χ0n) is 14.9. The van der Waals surface area contributed by atoms with Gasteiger partial charge in [0.05, 0.1) is 12.5 Å². The van der Waals surface area contributed by atoms with Crippen LogP contribution in [0.5, 0.6) is 0 Å². The van der Waals surface area contributed by atoms with Crippen LogP contribution in [0.3, 0.4) is 0 Å². The molecule has 5 heteroatoms. The molecule has 0 saturated carbocycles. The Kier molecular flexibility index (Phi) is 5.33. The SMILES string of the molecule is CC(=O)C[C@@]1(c2ccccc2)CCN([C@@H](C)c2ccc(Cl)cc2)C(=O)O1. The standard InChI is InChI=1S/C21H22ClNO3/c1-15(24)14-21(18-6-4-3-5-7-18)12-13-23(20(25)26-21)16(2)17-8-10-19(22)11-9-17/h3-11,16H,12-14H2,1-2H3/t16-,21+/m0/s1. The Morgan fingerprint density at radius 3 is 2.42 bits per heavy atom. The summed E-state index contributed by atoms with van der Waals surface area (Å²) in [6.07, 6.45) is 0.357. The van der Waals surface area contributed by atoms with Gasteiger partial charge in [-0.1, -0.05) is 54.1 Å². The van der Waals surface area contributed by atoms with E-state index in [0.29, 0.717) is 18.0 Å². The van der Waals surface area contributed by atoms with Crippen LogP contribution in [0.15, 0.2) is 54.6 Å². The molecule has 1 aliphatic heterocycles. The molecule has 1 amide bonds. The third-order valence-corrected chi connectivity index (χ3v) is 5.18. The number of ether oxygens (including phenoxy) is 1. The van der Waals surface area contributed by atoms with Crippen LogP contribution in [0.1, 0.15) is 43.9 Å². The van der Waals surface area contributed by atoms with Gasteiger partial charge in [0, 0.05) is 18.0 Å². The summed E-state index contributed by atoms with van der Waals surface area (Å²) in [5.74, 6) is 0.000790. The number of halogens is 1. The minimum Gasteiger partial charge on any atom is -0.437 e. The number of rotatable bonds is 5. The first-order valence-corrected chi connectivity index (χ1v) is 9.09. The molecule has 1 aliphatic rings. The van der Waals surface area contributed by atoms with Crippen LogP contribution in [0, 0.1) is 0 Å². The second kappa shape index (κ2) is 7.50. The highest BCUT2D eigenvalue weighted by Gasteiger charge is 2.44. The molecule has 0 bridgehead atoms. The fourth-order valence-electron chi connectivity index (χ4n) is 3.52. The molecule has 0 aliphatic carbocycles. The van der Waals surface area contributed by atoms with E-state index >= 15 is 0 Å². The second-order valence-corrected chi connectivity index (χ2v) is 7.21. The van der Waals surface area contributed by atoms with Crippen molar-refractivity contribution < 1.29 is 14.3 Å². The number of carbonyl (C=O) groups is 2. The molecule has 2 aromatic carbocycles. The Bertz CT molecular complexity index is 791. The molecule has 0 unspecified atom stereocenters. The van der Waals surface area contributed by atoms with Gasteiger partial charge in [-0.3, -0.25) is 4.79 Å². The zero-order valence-corrected chi connectivity index (χ0v) is 15.7. The number of carbonyl (C=O) groups excluding carboxylic acids is 2. The second-order valence-electron chi connectivity index (χ2n) is 6.78. The lowest BCUT2D eigenvalue weighted by molar-refractivity contribution is -0.126. The van der Waals surface area contributed by atoms with Crippen LogP contribution in [-0.4, -0.2) is 23.3 Å². The molecule has 1 saturated heterocycles. The molecule has 1 fully saturated rings. The van der Waals surface area contributed by atoms with Gasteiger partial charge in [0.15, 0.2) is 0 Å². The lowest BCUT2D eigenvalue weighted by atomic mass is 9.84. The molecular formula is C21H22ClNO3. The largest absolute Gasteiger partial charge is 0.437 e. The summed E-state index contributed by atoms with van der Waals surface area (Å²) in [4.78, 5) is 26.4. The van der Waals surface area contributed by atoms with Gasteiger partial charge in [-0.15, -0.1) is 0 Å². The van der Waals surface area contributed by atoms with Crippen LogP contribution in [0.25, 0.3) is 0 Å². The number of cyclic esters (lactones) is 1. The predicted octanol–water partition coefficient (Wildman–Crippen LogP) is 5.12. The van der Waals surface area contributed by atoms with Crippen molar-refractivity contribution in [1.29, 1.82) is 0 Å². The minimum absolute atomic E-state index is 0.000790. The highest BCUT2D eigenvalue weighted by molar-refractivity contribution is 6.30. The number of Topliss-reactive ketones (excluding diaryl/α,β-unsaturated/α-hetero) is 1. The number of ketones is 1. The summed E-state index contributed by atoms with van der Waals surface area (Å²) in [6.45, 7) is 4.01. The molecule has 3 rings (SSSR count). The fourth-order valence-corrected chi connectivity index (χ4v) is 3.64. The van der Waals surface area contributed by atoms with Crippen molar-refractivity contribution in [2.24, 2.45) is 0 Å². The maximum atomic E-state index is 12.8. The smallest absolute Gasteiger partial charge is 0.411 e. The molecule has 0 N–H and O–H groups in total. The molecule has 136 valence electrons. The van der Waals surface area contributed by atoms with Crippen LogP contribution in [-0.2, 0) is 15.1 Å². The first-order chi connectivity index (χ1) is 12.4. The Morgan fingerprint density at radius 2 is 1.85 bits per heavy atom. The number of nitrogens with zero attached hydrogens (tertiary/aromatic N) is 1. The van der Waals surface area contributed by atoms with Crippen molar-refractivity contribution in [1.82, 2.24) is 4.90 Å². The number of amides is 1. The average molecular weight is 372 g/mol. The van der Waals surface area contributed by atoms with Gasteiger partial charge < -0.3 is 9.64 Å². The molecule has 0 radical (unpaired) electrons. The fraction of sp³-hybridized carbons (Fsp3) is 0.333. The van der Waals surface area contributed by atoms with E-state index in [-0.39, 0.29) is 18.2 Å². The van der Waals surface area contributed by atoms with Crippen LogP contribution >= 0.6 is 11.6 Å². The van der Waals surface area contributed by atoms with E-state index < -0.39 is 11.7 Å². The Labute approximate surface area is 158 Å². The van der Waals surface area contributed by atoms with E-state index in [0.717, 1.165) is 11.1 Å². The third-order valence-electron chi connectivity index (χ3n) is 4.93. The minimum atomic E-state index is -0.888. The van der Waals surface area contributed by atoms with E-state index in [1.807, 2.05) is 61.5 Å². The first kappa shape index (κ1) is 18.5. The Balaban J connectivity index is 1.84. The van der Waals surface area contributed by atoms with E-state index in [1.165, 1.54) is 6.92 Å². The van der Waals surface area contributed by atoms with Crippen molar-refractivity contribution in [3.8, 4) is 0 Å². The van der Waals surface area contributed by atoms with E-state index in [9.17, 15) is 9.59 Å². The van der Waals surface area contributed by atoms with Gasteiger partial charge >= 0.3 is 6.09 Å². The molecular weight excluding hydrogens is 350 g/mol. The summed E-state index contributed by atoms with van der Waals surface area (Å²) in [5, 5.41) is 0.659. The molecule has 0 spiro atoms. The molecule has 4 nitrogen and oxygen atoms in total. The number of benzene rings is 2. The monoisotopic (exact) mass is 371 g/mol. The van der Waals surface area contributed by atoms with Gasteiger partial charge in [-0.2, -0.15) is 0 Å². The van der Waals surface area contributed by atoms with Crippen molar-refractivity contribution in [3.63, 3.8) is 0 Å². The summed E-state index contributed by atoms with van der Waals surface area (Å²) < 4.78 is 5.89. The van der Waals surface area contributed by atoms with Gasteiger partial charge in [-0.05, 0) is 37.1 Å². The predicted molar refractivity (Wildman–Crippen MR) is 101 cm³/mol. The lowest BCUT2D eigenvalue weighted by Crippen LogP contribution is -2.49. The van der Waals surface area contributed by atoms with Gasteiger partial charge in [0.1, 0.15) is 11.4 Å². The summed E-state index contributed by atoms with van der Waals surface area (Å²) >= 11 is 5.95. The highest BCUT2D eigenvalue weighted by Crippen LogP contribution is 2.39. The van der Waals surface area contributed by atoms with Gasteiger partial charge in [-0.25, -0.2) is 4.79 Å². The molecule has 0 aromatic heterocycles. The number of hydrogen-bond acceptors (Lipinski definition) is 3. The molecule has 1 heterocycles. The summed E-state index contributed by atoms with van der Waals surface area (Å²) in [5.41, 5.74) is 0.966. The van der Waals surface area contributed by atoms with Crippen molar-refractivity contribution >= 4 is 23.5 Å². The van der Waals surface area contributed by atoms with Crippen molar-refractivity contribution in [2.75, 3.05) is 6.54 Å². The average Bonchev–Trinajstić information content (AvgIpc) is 2.62. The Morgan fingerprint density at radius 1 is 1.19 bits per heavy atom. The quantitative estimate of drug-likeness (QED) is 0.733. The van der Waals surface area contributed by atoms with Crippen molar-refractivity contribution in [3.05, 3.63) is 70.7 Å². The van der Waals surface area contributed by atoms with E-state index in [1.54, 1.807) is 4.90 Å². The van der Waals surface area contributed by atoms with E-state index in [4.69, 9.17) is 16.3 Å². The van der Waals surface area contributed by atoms with Crippen LogP contribution in [0.4, 0.5) is 4.79 Å². The van der Waals surface area contributed by atoms with E-state index in [2.05, 4.69) is 0 Å². The van der Waals surface area contributed by atoms with Crippen molar-refractivity contribution in [2.45, 2.75) is 38.3 Å². The van der Waals surface area contributed by atoms with Gasteiger partial charge in [0.25, 0.3) is 0 Å². The molecule has 2 aromatic rings. The topological polar surface area (TPSA) is 46.6 Å². The maximum absolute atomic E-state index is 12.8. The Hall–Kier alpha value is -2.33. The summed E-state index contributed by atoms with van der Waals surface area (Å²) in [7, 11) is 0. The highest BCUT2D eigenvalue weighted by atomic mass is 35.5. The molecule has 26 heavy (non-hydrogen) atoms. The van der Waals surface area contributed by atoms with Crippen LogP contribution in [0.2, 0.25) is 5.02 Å². The normalized spacial score (nSPS) is 21.2. The number of hydrogen-bond donors (Lipinski definition) is 0. The van der Waals surface area contributed by atoms with Crippen LogP contribution < -0.4 is 0 Å². The molecule has 2 atom stereocenters. The lowest BCUT2D eigenvalue weighted by Gasteiger charge is -2.43. The summed E-state index contributed by atoms with van der Waals surface area (Å²) in [6, 6.07) is 16.8. The zero-order chi connectivity index (χ0) is 18.7. The van der Waals surface area contributed by atoms with Gasteiger partial charge in [0.2, 0.25) is 0 Å². The first-order valence-electron chi connectivity index (χ1n) is 8.71.